The summed E-state index contributed by atoms with van der Waals surface area (Å²) in [6, 6.07) is 0. The van der Waals surface area contributed by atoms with Gasteiger partial charge in [-0.2, -0.15) is 0 Å². The molecule has 1 aliphatic rings. The lowest BCUT2D eigenvalue weighted by molar-refractivity contribution is 0.289. The van der Waals surface area contributed by atoms with Gasteiger partial charge < -0.3 is 4.74 Å². The molecule has 1 rings (SSSR count). The van der Waals surface area contributed by atoms with Crippen LogP contribution in [0.5, 0.6) is 0 Å². The quantitative estimate of drug-likeness (QED) is 0.534. The molecule has 0 aromatic heterocycles. The maximum Gasteiger partial charge on any atom is 0.107 e. The Morgan fingerprint density at radius 1 is 1.00 bits per heavy atom. The van der Waals surface area contributed by atoms with Gasteiger partial charge in [0.2, 0.25) is 0 Å². The van der Waals surface area contributed by atoms with Gasteiger partial charge in [-0.1, -0.05) is 18.2 Å². The highest BCUT2D eigenvalue weighted by Gasteiger charge is 1.72. The summed E-state index contributed by atoms with van der Waals surface area (Å²) in [5.41, 5.74) is 0. The van der Waals surface area contributed by atoms with Gasteiger partial charge in [-0.05, 0) is 18.2 Å². The molecule has 1 heterocycles. The molecule has 1 aliphatic heterocycles. The normalized spacial score (nSPS) is 16.7. The van der Waals surface area contributed by atoms with Crippen LogP contribution in [-0.4, -0.2) is 12.8 Å². The van der Waals surface area contributed by atoms with Crippen molar-refractivity contribution in [2.45, 2.75) is 0 Å². The third-order valence-corrected chi connectivity index (χ3v) is 1.18. The maximum atomic E-state index is 5.09. The van der Waals surface area contributed by atoms with E-state index in [0.717, 1.165) is 0 Å². The molecule has 2 heteroatoms. The molecule has 0 aromatic carbocycles. The Morgan fingerprint density at radius 3 is 2.83 bits per heavy atom. The number of aliphatic imine (C=N–C) groups is 1. The largest absolute Gasteiger partial charge is 0.497 e. The van der Waals surface area contributed by atoms with Gasteiger partial charge in [0, 0.05) is 12.4 Å². The van der Waals surface area contributed by atoms with Gasteiger partial charge in [0.05, 0.1) is 6.26 Å². The molecule has 0 amide bonds. The second kappa shape index (κ2) is 6.16. The van der Waals surface area contributed by atoms with Crippen LogP contribution in [0.4, 0.5) is 0 Å². The van der Waals surface area contributed by atoms with Gasteiger partial charge in [-0.15, -0.1) is 0 Å². The first kappa shape index (κ1) is 8.53. The second-order valence-electron chi connectivity index (χ2n) is 2.11. The number of allylic oxidation sites excluding steroid dienone is 5. The third-order valence-electron chi connectivity index (χ3n) is 1.18. The first-order valence-electron chi connectivity index (χ1n) is 3.78. The van der Waals surface area contributed by atoms with Crippen molar-refractivity contribution in [1.82, 2.24) is 0 Å². The molecule has 0 saturated heterocycles. The molecule has 0 saturated carbocycles. The minimum Gasteiger partial charge on any atom is -0.497 e. The summed E-state index contributed by atoms with van der Waals surface area (Å²) in [5, 5.41) is 0. The van der Waals surface area contributed by atoms with Crippen LogP contribution in [0.3, 0.4) is 0 Å². The van der Waals surface area contributed by atoms with E-state index in [0.29, 0.717) is 6.61 Å². The van der Waals surface area contributed by atoms with Crippen LogP contribution in [0.2, 0.25) is 0 Å². The summed E-state index contributed by atoms with van der Waals surface area (Å²) in [6.45, 7) is 0.561. The van der Waals surface area contributed by atoms with E-state index in [2.05, 4.69) is 4.99 Å². The molecule has 0 aliphatic carbocycles. The van der Waals surface area contributed by atoms with Crippen molar-refractivity contribution in [1.29, 1.82) is 0 Å². The van der Waals surface area contributed by atoms with E-state index < -0.39 is 0 Å². The van der Waals surface area contributed by atoms with Crippen molar-refractivity contribution in [2.75, 3.05) is 6.61 Å². The Morgan fingerprint density at radius 2 is 1.83 bits per heavy atom. The molecule has 62 valence electrons. The van der Waals surface area contributed by atoms with E-state index in [9.17, 15) is 0 Å². The van der Waals surface area contributed by atoms with Crippen LogP contribution < -0.4 is 0 Å². The summed E-state index contributed by atoms with van der Waals surface area (Å²) in [4.78, 5) is 3.97. The first-order valence-corrected chi connectivity index (χ1v) is 3.78. The molecule has 2 nitrogen and oxygen atoms in total. The molecule has 0 fully saturated rings. The Hall–Kier alpha value is -1.57. The van der Waals surface area contributed by atoms with Crippen LogP contribution in [-0.2, 0) is 4.74 Å². The molecule has 0 bridgehead atoms. The lowest BCUT2D eigenvalue weighted by Crippen LogP contribution is -1.79. The van der Waals surface area contributed by atoms with Gasteiger partial charge in [0.1, 0.15) is 6.61 Å². The van der Waals surface area contributed by atoms with Gasteiger partial charge in [-0.3, -0.25) is 4.99 Å². The van der Waals surface area contributed by atoms with Crippen LogP contribution in [0.25, 0.3) is 0 Å². The van der Waals surface area contributed by atoms with E-state index in [1.54, 1.807) is 18.7 Å². The van der Waals surface area contributed by atoms with Gasteiger partial charge in [0.25, 0.3) is 0 Å². The number of hydrogen-bond donors (Lipinski definition) is 0. The molecule has 0 aromatic rings. The molecular formula is C10H11NO. The topological polar surface area (TPSA) is 21.6 Å². The molecule has 0 spiro atoms. The minimum absolute atomic E-state index is 0.561. The number of nitrogens with zero attached hydrogens (tertiary/aromatic N) is 1. The molecular weight excluding hydrogens is 150 g/mol. The zero-order chi connectivity index (χ0) is 8.49. The minimum atomic E-state index is 0.561. The van der Waals surface area contributed by atoms with Crippen molar-refractivity contribution in [3.05, 3.63) is 48.9 Å². The SMILES string of the molecule is C1=CC=COCC=CN=CC=C1. The highest BCUT2D eigenvalue weighted by Crippen LogP contribution is 1.85. The maximum absolute atomic E-state index is 5.09. The van der Waals surface area contributed by atoms with E-state index in [1.807, 2.05) is 36.5 Å². The summed E-state index contributed by atoms with van der Waals surface area (Å²) >= 11 is 0. The molecule has 0 unspecified atom stereocenters. The monoisotopic (exact) mass is 161 g/mol. The smallest absolute Gasteiger partial charge is 0.107 e. The Bertz CT molecular complexity index is 221. The van der Waals surface area contributed by atoms with Crippen LogP contribution in [0.15, 0.2) is 53.9 Å². The van der Waals surface area contributed by atoms with Crippen molar-refractivity contribution in [2.24, 2.45) is 4.99 Å². The Balaban J connectivity index is 2.55. The summed E-state index contributed by atoms with van der Waals surface area (Å²) < 4.78 is 5.09. The average Bonchev–Trinajstić information content (AvgIpc) is 2.05. The van der Waals surface area contributed by atoms with E-state index in [-0.39, 0.29) is 0 Å². The van der Waals surface area contributed by atoms with E-state index >= 15 is 0 Å². The highest BCUT2D eigenvalue weighted by atomic mass is 16.5. The molecule has 12 heavy (non-hydrogen) atoms. The van der Waals surface area contributed by atoms with Gasteiger partial charge >= 0.3 is 0 Å². The fourth-order valence-electron chi connectivity index (χ4n) is 0.657. The summed E-state index contributed by atoms with van der Waals surface area (Å²) in [5.74, 6) is 0. The standard InChI is InChI=1S/C10H11NO/c1-2-4-7-11-8-6-10-12-9-5-3-1/h1-9H,10H2. The third kappa shape index (κ3) is 4.28. The van der Waals surface area contributed by atoms with Crippen molar-refractivity contribution in [3.63, 3.8) is 0 Å². The van der Waals surface area contributed by atoms with Crippen molar-refractivity contribution < 1.29 is 4.74 Å². The fraction of sp³-hybridized carbons (Fsp3) is 0.100. The lowest BCUT2D eigenvalue weighted by Gasteiger charge is -1.91. The molecule has 0 N–H and O–H groups in total. The predicted octanol–water partition coefficient (Wildman–Crippen LogP) is 2.23. The van der Waals surface area contributed by atoms with Crippen molar-refractivity contribution >= 4 is 6.21 Å². The number of hydrogen-bond acceptors (Lipinski definition) is 2. The van der Waals surface area contributed by atoms with Crippen molar-refractivity contribution in [3.8, 4) is 0 Å². The van der Waals surface area contributed by atoms with Crippen LogP contribution >= 0.6 is 0 Å². The predicted molar refractivity (Wildman–Crippen MR) is 51.0 cm³/mol. The first-order chi connectivity index (χ1) is 6.00. The van der Waals surface area contributed by atoms with Crippen LogP contribution in [0.1, 0.15) is 0 Å². The highest BCUT2D eigenvalue weighted by molar-refractivity contribution is 5.72. The van der Waals surface area contributed by atoms with E-state index in [1.165, 1.54) is 0 Å². The van der Waals surface area contributed by atoms with Gasteiger partial charge in [-0.25, -0.2) is 0 Å². The zero-order valence-corrected chi connectivity index (χ0v) is 6.76. The Labute approximate surface area is 72.3 Å². The van der Waals surface area contributed by atoms with Crippen LogP contribution in [0, 0.1) is 0 Å². The second-order valence-corrected chi connectivity index (χ2v) is 2.11. The average molecular weight is 161 g/mol. The zero-order valence-electron chi connectivity index (χ0n) is 6.76. The van der Waals surface area contributed by atoms with E-state index in [4.69, 9.17) is 4.74 Å². The summed E-state index contributed by atoms with van der Waals surface area (Å²) in [6.07, 6.45) is 16.4. The number of ether oxygens (including phenoxy) is 1. The molecule has 0 radical (unpaired) electrons. The van der Waals surface area contributed by atoms with Gasteiger partial charge in [0.15, 0.2) is 0 Å². The lowest BCUT2D eigenvalue weighted by atomic mass is 10.4. The summed E-state index contributed by atoms with van der Waals surface area (Å²) in [7, 11) is 0. The molecule has 0 atom stereocenters. The Kier molecular flexibility index (Phi) is 4.38. The fourth-order valence-corrected chi connectivity index (χ4v) is 0.657. The number of rotatable bonds is 0.